The van der Waals surface area contributed by atoms with Gasteiger partial charge in [0, 0.05) is 27.6 Å². The highest BCUT2D eigenvalue weighted by atomic mass is 79.9. The van der Waals surface area contributed by atoms with E-state index in [0.717, 1.165) is 21.6 Å². The molecule has 9 nitrogen and oxygen atoms in total. The summed E-state index contributed by atoms with van der Waals surface area (Å²) in [7, 11) is 0. The van der Waals surface area contributed by atoms with E-state index in [2.05, 4.69) is 35.9 Å². The summed E-state index contributed by atoms with van der Waals surface area (Å²) in [5.74, 6) is 0.116. The van der Waals surface area contributed by atoms with Gasteiger partial charge in [0.15, 0.2) is 11.5 Å². The number of aromatic nitrogens is 4. The summed E-state index contributed by atoms with van der Waals surface area (Å²) in [6.07, 6.45) is 4.37. The third kappa shape index (κ3) is 3.56. The van der Waals surface area contributed by atoms with E-state index in [-0.39, 0.29) is 11.8 Å². The number of hydrogen-bond donors (Lipinski definition) is 0. The van der Waals surface area contributed by atoms with E-state index in [4.69, 9.17) is 9.47 Å². The van der Waals surface area contributed by atoms with E-state index in [1.165, 1.54) is 0 Å². The number of rotatable bonds is 5. The Bertz CT molecular complexity index is 1490. The van der Waals surface area contributed by atoms with Crippen molar-refractivity contribution in [2.45, 2.75) is 0 Å². The van der Waals surface area contributed by atoms with Gasteiger partial charge < -0.3 is 9.47 Å². The zero-order valence-corrected chi connectivity index (χ0v) is 17.8. The second-order valence-electron chi connectivity index (χ2n) is 6.57. The first kappa shape index (κ1) is 19.8. The largest absolute Gasteiger partial charge is 0.431 e. The van der Waals surface area contributed by atoms with Crippen molar-refractivity contribution in [1.29, 1.82) is 0 Å². The van der Waals surface area contributed by atoms with Crippen LogP contribution in [0.3, 0.4) is 0 Å². The number of pyridine rings is 2. The zero-order chi connectivity index (χ0) is 22.1. The quantitative estimate of drug-likeness (QED) is 0.223. The average Bonchev–Trinajstić information content (AvgIpc) is 2.81. The molecule has 0 saturated carbocycles. The molecule has 0 aliphatic heterocycles. The number of fused-ring (bicyclic) bond motifs is 2. The third-order valence-electron chi connectivity index (χ3n) is 4.63. The molecule has 10 heteroatoms. The molecular weight excluding hydrogens is 478 g/mol. The molecule has 3 aromatic heterocycles. The fourth-order valence-electron chi connectivity index (χ4n) is 3.21. The first-order chi connectivity index (χ1) is 15.6. The van der Waals surface area contributed by atoms with Gasteiger partial charge in [0.1, 0.15) is 17.4 Å². The Kier molecular flexibility index (Phi) is 5.04. The van der Waals surface area contributed by atoms with Crippen LogP contribution in [0.1, 0.15) is 0 Å². The summed E-state index contributed by atoms with van der Waals surface area (Å²) in [5, 5.41) is 13.5. The van der Waals surface area contributed by atoms with Crippen molar-refractivity contribution in [3.8, 4) is 23.3 Å². The van der Waals surface area contributed by atoms with E-state index in [9.17, 15) is 10.1 Å². The minimum absolute atomic E-state index is 0.257. The van der Waals surface area contributed by atoms with E-state index in [1.54, 1.807) is 48.8 Å². The minimum Gasteiger partial charge on any atom is -0.431 e. The molecule has 0 unspecified atom stereocenters. The molecular formula is C22H12BrN5O4. The lowest BCUT2D eigenvalue weighted by atomic mass is 10.2. The van der Waals surface area contributed by atoms with Gasteiger partial charge >= 0.3 is 17.4 Å². The molecule has 0 N–H and O–H groups in total. The Morgan fingerprint density at radius 2 is 1.44 bits per heavy atom. The number of para-hydroxylation sites is 1. The second-order valence-corrected chi connectivity index (χ2v) is 7.42. The van der Waals surface area contributed by atoms with Crippen LogP contribution in [0, 0.1) is 10.1 Å². The predicted octanol–water partition coefficient (Wildman–Crippen LogP) is 5.83. The molecule has 0 spiro atoms. The lowest BCUT2D eigenvalue weighted by Gasteiger charge is -2.11. The maximum atomic E-state index is 11.9. The second kappa shape index (κ2) is 8.16. The molecule has 3 heterocycles. The lowest BCUT2D eigenvalue weighted by Crippen LogP contribution is -2.02. The number of hydrogen-bond acceptors (Lipinski definition) is 8. The Morgan fingerprint density at radius 1 is 0.781 bits per heavy atom. The first-order valence-electron chi connectivity index (χ1n) is 9.34. The fraction of sp³-hybridized carbons (Fsp3) is 0. The molecule has 5 aromatic rings. The van der Waals surface area contributed by atoms with Crippen molar-refractivity contribution < 1.29 is 14.4 Å². The Hall–Kier alpha value is -4.18. The van der Waals surface area contributed by atoms with Gasteiger partial charge in [0.25, 0.3) is 0 Å². The van der Waals surface area contributed by atoms with Crippen LogP contribution in [0.5, 0.6) is 23.3 Å². The van der Waals surface area contributed by atoms with Gasteiger partial charge in [-0.2, -0.15) is 9.97 Å². The fourth-order valence-corrected chi connectivity index (χ4v) is 3.67. The van der Waals surface area contributed by atoms with Crippen LogP contribution in [-0.4, -0.2) is 24.9 Å². The predicted molar refractivity (Wildman–Crippen MR) is 120 cm³/mol. The topological polar surface area (TPSA) is 113 Å². The molecule has 5 rings (SSSR count). The summed E-state index contributed by atoms with van der Waals surface area (Å²) in [5.41, 5.74) is 0.566. The molecule has 0 aliphatic rings. The van der Waals surface area contributed by atoms with Crippen molar-refractivity contribution in [1.82, 2.24) is 19.9 Å². The van der Waals surface area contributed by atoms with Crippen molar-refractivity contribution in [2.75, 3.05) is 0 Å². The smallest absolute Gasteiger partial charge is 0.393 e. The Morgan fingerprint density at radius 3 is 2.19 bits per heavy atom. The summed E-state index contributed by atoms with van der Waals surface area (Å²) in [6.45, 7) is 0. The van der Waals surface area contributed by atoms with Gasteiger partial charge in [-0.25, -0.2) is 0 Å². The van der Waals surface area contributed by atoms with Gasteiger partial charge in [0.05, 0.1) is 4.92 Å². The van der Waals surface area contributed by atoms with Crippen LogP contribution in [0.2, 0.25) is 0 Å². The van der Waals surface area contributed by atoms with Crippen LogP contribution in [0.4, 0.5) is 5.69 Å². The van der Waals surface area contributed by atoms with E-state index in [0.29, 0.717) is 22.5 Å². The molecule has 0 atom stereocenters. The summed E-state index contributed by atoms with van der Waals surface area (Å²) in [6, 6.07) is 16.0. The summed E-state index contributed by atoms with van der Waals surface area (Å²) in [4.78, 5) is 27.9. The van der Waals surface area contributed by atoms with Crippen molar-refractivity contribution >= 4 is 43.4 Å². The van der Waals surface area contributed by atoms with Crippen LogP contribution >= 0.6 is 15.9 Å². The number of halogens is 1. The zero-order valence-electron chi connectivity index (χ0n) is 16.2. The molecule has 32 heavy (non-hydrogen) atoms. The minimum atomic E-state index is -0.641. The SMILES string of the molecule is O=[N+]([O-])c1c(Oc2cccc3cccnc23)ncnc1Oc1ccc(Br)c2cccnc12. The highest BCUT2D eigenvalue weighted by Gasteiger charge is 2.28. The van der Waals surface area contributed by atoms with Gasteiger partial charge in [-0.05, 0) is 30.3 Å². The standard InChI is InChI=1S/C22H12BrN5O4/c23-15-8-9-17(19-14(15)6-3-11-25-19)32-22-20(28(29)30)21(26-12-27-22)31-16-7-1-4-13-5-2-10-24-18(13)16/h1-12H. The maximum absolute atomic E-state index is 11.9. The van der Waals surface area contributed by atoms with Gasteiger partial charge in [-0.15, -0.1) is 0 Å². The summed E-state index contributed by atoms with van der Waals surface area (Å²) >= 11 is 3.47. The highest BCUT2D eigenvalue weighted by Crippen LogP contribution is 2.40. The van der Waals surface area contributed by atoms with Crippen LogP contribution in [0.15, 0.2) is 77.8 Å². The lowest BCUT2D eigenvalue weighted by molar-refractivity contribution is -0.387. The van der Waals surface area contributed by atoms with Gasteiger partial charge in [-0.3, -0.25) is 20.1 Å². The van der Waals surface area contributed by atoms with Crippen molar-refractivity contribution in [3.63, 3.8) is 0 Å². The molecule has 156 valence electrons. The maximum Gasteiger partial charge on any atom is 0.393 e. The molecule has 0 bridgehead atoms. The molecule has 0 amide bonds. The molecule has 2 aromatic carbocycles. The Labute approximate surface area is 189 Å². The van der Waals surface area contributed by atoms with Gasteiger partial charge in [0.2, 0.25) is 0 Å². The van der Waals surface area contributed by atoms with Crippen LogP contribution in [-0.2, 0) is 0 Å². The monoisotopic (exact) mass is 489 g/mol. The van der Waals surface area contributed by atoms with Crippen LogP contribution in [0.25, 0.3) is 21.8 Å². The molecule has 0 aliphatic carbocycles. The number of ether oxygens (including phenoxy) is 2. The van der Waals surface area contributed by atoms with Crippen LogP contribution < -0.4 is 9.47 Å². The number of nitro groups is 1. The summed E-state index contributed by atoms with van der Waals surface area (Å²) < 4.78 is 12.5. The van der Waals surface area contributed by atoms with E-state index >= 15 is 0 Å². The first-order valence-corrected chi connectivity index (χ1v) is 10.1. The number of nitrogens with zero attached hydrogens (tertiary/aromatic N) is 5. The van der Waals surface area contributed by atoms with Crippen molar-refractivity contribution in [2.24, 2.45) is 0 Å². The van der Waals surface area contributed by atoms with Gasteiger partial charge in [-0.1, -0.05) is 40.2 Å². The normalized spacial score (nSPS) is 10.9. The van der Waals surface area contributed by atoms with E-state index in [1.807, 2.05) is 18.2 Å². The molecule has 0 saturated heterocycles. The highest BCUT2D eigenvalue weighted by molar-refractivity contribution is 9.10. The van der Waals surface area contributed by atoms with E-state index < -0.39 is 10.6 Å². The molecule has 0 radical (unpaired) electrons. The average molecular weight is 490 g/mol. The molecule has 0 fully saturated rings. The number of benzene rings is 2. The Balaban J connectivity index is 1.59. The third-order valence-corrected chi connectivity index (χ3v) is 5.32. The van der Waals surface area contributed by atoms with Crippen molar-refractivity contribution in [3.05, 3.63) is 87.9 Å².